The van der Waals surface area contributed by atoms with Crippen LogP contribution in [0.1, 0.15) is 65.2 Å². The Balaban J connectivity index is 3.29. The molecule has 0 radical (unpaired) electrons. The topological polar surface area (TPSA) is 9.23 Å². The van der Waals surface area contributed by atoms with Crippen LogP contribution in [-0.2, 0) is 4.12 Å². The minimum Gasteiger partial charge on any atom is -0.465 e. The quantitative estimate of drug-likeness (QED) is 0.402. The minimum atomic E-state index is -0.737. The van der Waals surface area contributed by atoms with E-state index in [1.807, 2.05) is 0 Å². The van der Waals surface area contributed by atoms with Crippen molar-refractivity contribution >= 4 is 19.5 Å². The number of rotatable bonds is 11. The van der Waals surface area contributed by atoms with E-state index in [-0.39, 0.29) is 0 Å². The second-order valence-electron chi connectivity index (χ2n) is 4.56. The van der Waals surface area contributed by atoms with Crippen LogP contribution in [0, 0.1) is 0 Å². The summed E-state index contributed by atoms with van der Waals surface area (Å²) in [7, 11) is 0.236. The summed E-state index contributed by atoms with van der Waals surface area (Å²) in [4.78, 5) is 0. The Morgan fingerprint density at radius 1 is 0.800 bits per heavy atom. The Kier molecular flexibility index (Phi) is 12.8. The maximum absolute atomic E-state index is 5.79. The monoisotopic (exact) mass is 246 g/mol. The number of hydrogen-bond donors (Lipinski definition) is 0. The van der Waals surface area contributed by atoms with Crippen molar-refractivity contribution in [2.75, 3.05) is 0 Å². The molecule has 0 saturated heterocycles. The third-order valence-corrected chi connectivity index (χ3v) is 7.86. The van der Waals surface area contributed by atoms with Crippen LogP contribution < -0.4 is 0 Å². The Bertz CT molecular complexity index is 108. The normalized spacial score (nSPS) is 11.4. The molecule has 92 valence electrons. The van der Waals surface area contributed by atoms with Crippen molar-refractivity contribution in [3.63, 3.8) is 0 Å². The van der Waals surface area contributed by atoms with Crippen molar-refractivity contribution in [2.24, 2.45) is 0 Å². The summed E-state index contributed by atoms with van der Waals surface area (Å²) in [6, 6.07) is 2.88. The van der Waals surface area contributed by atoms with Gasteiger partial charge in [-0.1, -0.05) is 65.2 Å². The van der Waals surface area contributed by atoms with Crippen LogP contribution >= 0.6 is 0 Å². The first-order valence-electron chi connectivity index (χ1n) is 6.87. The van der Waals surface area contributed by atoms with Gasteiger partial charge in [0.15, 0.2) is 9.04 Å². The van der Waals surface area contributed by atoms with Crippen molar-refractivity contribution in [1.29, 1.82) is 0 Å². The molecule has 0 unspecified atom stereocenters. The third-order valence-electron chi connectivity index (χ3n) is 3.09. The molecular weight excluding hydrogens is 216 g/mol. The average Bonchev–Trinajstić information content (AvgIpc) is 2.27. The Morgan fingerprint density at radius 3 is 1.60 bits per heavy atom. The van der Waals surface area contributed by atoms with Crippen molar-refractivity contribution in [1.82, 2.24) is 0 Å². The second kappa shape index (κ2) is 12.5. The summed E-state index contributed by atoms with van der Waals surface area (Å²) in [6.45, 7) is 4.56. The van der Waals surface area contributed by atoms with Gasteiger partial charge in [0.2, 0.25) is 0 Å². The Morgan fingerprint density at radius 2 is 1.27 bits per heavy atom. The van der Waals surface area contributed by atoms with Crippen molar-refractivity contribution in [3.8, 4) is 0 Å². The van der Waals surface area contributed by atoms with Crippen molar-refractivity contribution in [2.45, 2.75) is 77.3 Å². The lowest BCUT2D eigenvalue weighted by atomic mass is 10.2. The first-order chi connectivity index (χ1) is 7.35. The maximum atomic E-state index is 5.79. The molecule has 0 saturated carbocycles. The van der Waals surface area contributed by atoms with Gasteiger partial charge in [-0.25, -0.2) is 0 Å². The van der Waals surface area contributed by atoms with Crippen LogP contribution in [-0.4, -0.2) is 19.5 Å². The van der Waals surface area contributed by atoms with Gasteiger partial charge >= 0.3 is 0 Å². The van der Waals surface area contributed by atoms with Crippen molar-refractivity contribution in [3.05, 3.63) is 0 Å². The lowest BCUT2D eigenvalue weighted by Gasteiger charge is -2.13. The van der Waals surface area contributed by atoms with E-state index in [4.69, 9.17) is 4.12 Å². The molecule has 0 N–H and O–H groups in total. The zero-order chi connectivity index (χ0) is 11.4. The van der Waals surface area contributed by atoms with E-state index >= 15 is 0 Å². The highest BCUT2D eigenvalue weighted by atomic mass is 28.3. The van der Waals surface area contributed by atoms with Gasteiger partial charge in [-0.2, -0.15) is 0 Å². The summed E-state index contributed by atoms with van der Waals surface area (Å²) >= 11 is 0. The van der Waals surface area contributed by atoms with E-state index in [1.165, 1.54) is 63.5 Å². The standard InChI is InChI=1S/C12H30OSi2/c1-3-5-7-9-11-15(13-14)12-10-8-6-4-2/h15H,3-12H2,1-2,14H3. The van der Waals surface area contributed by atoms with Gasteiger partial charge in [0.05, 0.1) is 0 Å². The highest BCUT2D eigenvalue weighted by Crippen LogP contribution is 2.13. The predicted octanol–water partition coefficient (Wildman–Crippen LogP) is 3.17. The van der Waals surface area contributed by atoms with Gasteiger partial charge < -0.3 is 4.12 Å². The van der Waals surface area contributed by atoms with Crippen LogP contribution in [0.2, 0.25) is 12.1 Å². The molecule has 0 aliphatic rings. The Hall–Kier alpha value is 0.394. The summed E-state index contributed by atoms with van der Waals surface area (Å²) in [5.74, 6) is 0. The summed E-state index contributed by atoms with van der Waals surface area (Å²) in [5, 5.41) is 0. The molecule has 0 aromatic carbocycles. The first kappa shape index (κ1) is 15.4. The smallest absolute Gasteiger partial charge is 0.162 e. The van der Waals surface area contributed by atoms with E-state index in [2.05, 4.69) is 13.8 Å². The fourth-order valence-corrected chi connectivity index (χ4v) is 5.64. The molecule has 0 fully saturated rings. The van der Waals surface area contributed by atoms with E-state index in [0.29, 0.717) is 0 Å². The molecule has 3 heteroatoms. The fraction of sp³-hybridized carbons (Fsp3) is 1.00. The largest absolute Gasteiger partial charge is 0.465 e. The van der Waals surface area contributed by atoms with Crippen LogP contribution in [0.3, 0.4) is 0 Å². The second-order valence-corrected chi connectivity index (χ2v) is 8.84. The maximum Gasteiger partial charge on any atom is 0.162 e. The lowest BCUT2D eigenvalue weighted by Crippen LogP contribution is -2.15. The van der Waals surface area contributed by atoms with Gasteiger partial charge in [0, 0.05) is 0 Å². The third kappa shape index (κ3) is 10.7. The predicted molar refractivity (Wildman–Crippen MR) is 76.1 cm³/mol. The summed E-state index contributed by atoms with van der Waals surface area (Å²) < 4.78 is 5.79. The van der Waals surface area contributed by atoms with E-state index in [9.17, 15) is 0 Å². The Labute approximate surface area is 101 Å². The van der Waals surface area contributed by atoms with Gasteiger partial charge in [0.1, 0.15) is 10.5 Å². The molecule has 0 atom stereocenters. The fourth-order valence-electron chi connectivity index (χ4n) is 1.98. The van der Waals surface area contributed by atoms with Crippen LogP contribution in [0.5, 0.6) is 0 Å². The van der Waals surface area contributed by atoms with Crippen LogP contribution in [0.15, 0.2) is 0 Å². The average molecular weight is 247 g/mol. The minimum absolute atomic E-state index is 0.737. The number of hydrogen-bond acceptors (Lipinski definition) is 1. The lowest BCUT2D eigenvalue weighted by molar-refractivity contribution is 0.591. The van der Waals surface area contributed by atoms with Crippen molar-refractivity contribution < 1.29 is 4.12 Å². The molecule has 0 amide bonds. The first-order valence-corrected chi connectivity index (χ1v) is 9.80. The highest BCUT2D eigenvalue weighted by Gasteiger charge is 2.08. The molecule has 15 heavy (non-hydrogen) atoms. The summed E-state index contributed by atoms with van der Waals surface area (Å²) in [6.07, 6.45) is 11.3. The molecular formula is C12H30OSi2. The molecule has 0 aliphatic heterocycles. The van der Waals surface area contributed by atoms with Crippen LogP contribution in [0.4, 0.5) is 0 Å². The van der Waals surface area contributed by atoms with E-state index < -0.39 is 9.04 Å². The van der Waals surface area contributed by atoms with E-state index in [0.717, 1.165) is 10.5 Å². The molecule has 1 nitrogen and oxygen atoms in total. The van der Waals surface area contributed by atoms with Gasteiger partial charge in [0.25, 0.3) is 0 Å². The zero-order valence-corrected chi connectivity index (χ0v) is 14.2. The molecule has 0 spiro atoms. The van der Waals surface area contributed by atoms with E-state index in [1.54, 1.807) is 0 Å². The molecule has 0 rings (SSSR count). The molecule has 0 aromatic heterocycles. The molecule has 0 heterocycles. The summed E-state index contributed by atoms with van der Waals surface area (Å²) in [5.41, 5.74) is 0. The van der Waals surface area contributed by atoms with Gasteiger partial charge in [-0.15, -0.1) is 0 Å². The molecule has 0 aliphatic carbocycles. The SMILES string of the molecule is CCCCCC[SiH](CCCCCC)O[SiH3]. The highest BCUT2D eigenvalue weighted by molar-refractivity contribution is 6.55. The van der Waals surface area contributed by atoms with Gasteiger partial charge in [-0.3, -0.25) is 0 Å². The zero-order valence-electron chi connectivity index (χ0n) is 11.1. The van der Waals surface area contributed by atoms with Gasteiger partial charge in [-0.05, 0) is 12.1 Å². The number of unbranched alkanes of at least 4 members (excludes halogenated alkanes) is 6. The van der Waals surface area contributed by atoms with Crippen LogP contribution in [0.25, 0.3) is 0 Å². The molecule has 0 bridgehead atoms. The molecule has 0 aromatic rings.